The van der Waals surface area contributed by atoms with E-state index in [0.717, 1.165) is 44.9 Å². The number of esters is 1. The van der Waals surface area contributed by atoms with Crippen LogP contribution < -0.4 is 0 Å². The normalized spacial score (nSPS) is 44.3. The zero-order valence-corrected chi connectivity index (χ0v) is 15.7. The van der Waals surface area contributed by atoms with Crippen LogP contribution in [0.25, 0.3) is 0 Å². The van der Waals surface area contributed by atoms with Crippen molar-refractivity contribution in [1.82, 2.24) is 0 Å². The van der Waals surface area contributed by atoms with E-state index in [4.69, 9.17) is 4.74 Å². The van der Waals surface area contributed by atoms with Crippen LogP contribution in [0.1, 0.15) is 64.7 Å². The first kappa shape index (κ1) is 16.5. The Kier molecular flexibility index (Phi) is 3.45. The van der Waals surface area contributed by atoms with E-state index in [1.54, 1.807) is 5.57 Å². The number of allylic oxidation sites excluding steroid dienone is 5. The molecule has 5 atom stereocenters. The molecule has 0 aromatic carbocycles. The minimum Gasteiger partial charge on any atom is -0.458 e. The highest BCUT2D eigenvalue weighted by atomic mass is 16.6. The Hall–Kier alpha value is -1.64. The highest BCUT2D eigenvalue weighted by Gasteiger charge is 2.66. The molecule has 1 heterocycles. The zero-order chi connectivity index (χ0) is 18.1. The van der Waals surface area contributed by atoms with Crippen LogP contribution in [0.15, 0.2) is 35.5 Å². The van der Waals surface area contributed by atoms with Crippen molar-refractivity contribution in [3.8, 4) is 0 Å². The van der Waals surface area contributed by atoms with Gasteiger partial charge in [0.15, 0.2) is 5.78 Å². The topological polar surface area (TPSA) is 43.4 Å². The molecule has 0 aromatic heterocycles. The predicted molar refractivity (Wildman–Crippen MR) is 99.3 cm³/mol. The minimum atomic E-state index is -0.245. The first-order valence-corrected chi connectivity index (χ1v) is 10.3. The quantitative estimate of drug-likeness (QED) is 0.508. The second kappa shape index (κ2) is 5.43. The molecule has 1 aliphatic heterocycles. The summed E-state index contributed by atoms with van der Waals surface area (Å²) in [5.74, 6) is 1.78. The van der Waals surface area contributed by atoms with Crippen LogP contribution in [-0.4, -0.2) is 17.4 Å². The van der Waals surface area contributed by atoms with E-state index >= 15 is 0 Å². The smallest absolute Gasteiger partial charge is 0.306 e. The zero-order valence-electron chi connectivity index (χ0n) is 15.7. The molecule has 26 heavy (non-hydrogen) atoms. The first-order chi connectivity index (χ1) is 12.5. The molecule has 1 spiro atoms. The largest absolute Gasteiger partial charge is 0.458 e. The highest BCUT2D eigenvalue weighted by molar-refractivity contribution is 5.93. The van der Waals surface area contributed by atoms with Crippen molar-refractivity contribution in [2.45, 2.75) is 70.3 Å². The lowest BCUT2D eigenvalue weighted by atomic mass is 9.52. The number of rotatable bonds is 1. The highest BCUT2D eigenvalue weighted by Crippen LogP contribution is 2.68. The third-order valence-corrected chi connectivity index (χ3v) is 8.39. The van der Waals surface area contributed by atoms with Gasteiger partial charge in [-0.3, -0.25) is 9.59 Å². The fourth-order valence-corrected chi connectivity index (χ4v) is 7.21. The second-order valence-corrected chi connectivity index (χ2v) is 9.29. The van der Waals surface area contributed by atoms with Crippen LogP contribution in [0, 0.1) is 23.2 Å². The van der Waals surface area contributed by atoms with Gasteiger partial charge >= 0.3 is 5.97 Å². The van der Waals surface area contributed by atoms with Crippen LogP contribution in [0.5, 0.6) is 0 Å². The van der Waals surface area contributed by atoms with Gasteiger partial charge in [-0.25, -0.2) is 0 Å². The van der Waals surface area contributed by atoms with Crippen LogP contribution in [0.4, 0.5) is 0 Å². The lowest BCUT2D eigenvalue weighted by Gasteiger charge is -2.54. The Morgan fingerprint density at radius 1 is 1.15 bits per heavy atom. The molecular formula is C23H28O3. The monoisotopic (exact) mass is 352 g/mol. The average Bonchev–Trinajstić information content (AvgIpc) is 3.14. The average molecular weight is 352 g/mol. The Morgan fingerprint density at radius 3 is 2.73 bits per heavy atom. The van der Waals surface area contributed by atoms with E-state index in [9.17, 15) is 9.59 Å². The minimum absolute atomic E-state index is 0.00848. The molecule has 1 saturated heterocycles. The van der Waals surface area contributed by atoms with E-state index in [2.05, 4.69) is 19.6 Å². The van der Waals surface area contributed by atoms with Gasteiger partial charge in [-0.1, -0.05) is 18.6 Å². The van der Waals surface area contributed by atoms with E-state index in [1.165, 1.54) is 11.1 Å². The number of hydrogen-bond donors (Lipinski definition) is 0. The van der Waals surface area contributed by atoms with Crippen molar-refractivity contribution in [3.05, 3.63) is 35.5 Å². The van der Waals surface area contributed by atoms with Crippen LogP contribution in [0.3, 0.4) is 0 Å². The van der Waals surface area contributed by atoms with Gasteiger partial charge in [0, 0.05) is 18.3 Å². The maximum absolute atomic E-state index is 12.0. The Balaban J connectivity index is 1.61. The van der Waals surface area contributed by atoms with Crippen molar-refractivity contribution in [2.75, 3.05) is 0 Å². The van der Waals surface area contributed by atoms with Crippen molar-refractivity contribution < 1.29 is 14.3 Å². The third kappa shape index (κ3) is 2.00. The summed E-state index contributed by atoms with van der Waals surface area (Å²) in [7, 11) is 0. The standard InChI is InChI=1S/C23H28O3/c1-3-14-13-22(2)19(8-10-23(22)11-9-20(25)26-23)18-6-4-15-12-16(24)5-7-17(15)21(14)18/h3,12,14,18-19H,1,4-11,13H2,2H3/t14?,18?,19?,22-,23+/m0/s1. The van der Waals surface area contributed by atoms with Crippen molar-refractivity contribution in [1.29, 1.82) is 0 Å². The van der Waals surface area contributed by atoms with Crippen LogP contribution >= 0.6 is 0 Å². The Morgan fingerprint density at radius 2 is 2.00 bits per heavy atom. The Labute approximate surface area is 155 Å². The summed E-state index contributed by atoms with van der Waals surface area (Å²) in [5, 5.41) is 0. The number of fused-ring (bicyclic) bond motifs is 5. The molecular weight excluding hydrogens is 324 g/mol. The summed E-state index contributed by atoms with van der Waals surface area (Å²) in [4.78, 5) is 23.9. The molecule has 0 bridgehead atoms. The fourth-order valence-electron chi connectivity index (χ4n) is 7.21. The molecule has 4 aliphatic carbocycles. The summed E-state index contributed by atoms with van der Waals surface area (Å²) in [6.45, 7) is 6.56. The van der Waals surface area contributed by atoms with E-state index in [0.29, 0.717) is 30.6 Å². The third-order valence-electron chi connectivity index (χ3n) is 8.39. The van der Waals surface area contributed by atoms with Crippen molar-refractivity contribution >= 4 is 11.8 Å². The van der Waals surface area contributed by atoms with E-state index in [-0.39, 0.29) is 22.8 Å². The summed E-state index contributed by atoms with van der Waals surface area (Å²) in [6.07, 6.45) is 12.4. The predicted octanol–water partition coefficient (Wildman–Crippen LogP) is 4.68. The SMILES string of the molecule is C=CC1C[C@@]2(C)C(CC[C@@]23CCC(=O)O3)C2CCC3=CC(=O)CCC3=C12. The number of hydrogen-bond acceptors (Lipinski definition) is 3. The van der Waals surface area contributed by atoms with E-state index in [1.807, 2.05) is 6.08 Å². The molecule has 3 unspecified atom stereocenters. The molecule has 0 aromatic rings. The summed E-state index contributed by atoms with van der Waals surface area (Å²) < 4.78 is 6.03. The molecule has 5 rings (SSSR count). The molecule has 3 fully saturated rings. The molecule has 0 N–H and O–H groups in total. The van der Waals surface area contributed by atoms with Crippen molar-refractivity contribution in [2.24, 2.45) is 23.2 Å². The number of carbonyl (C=O) groups is 2. The maximum atomic E-state index is 12.0. The lowest BCUT2D eigenvalue weighted by Crippen LogP contribution is -2.51. The molecule has 5 aliphatic rings. The van der Waals surface area contributed by atoms with Gasteiger partial charge in [-0.2, -0.15) is 0 Å². The Bertz CT molecular complexity index is 772. The summed E-state index contributed by atoms with van der Waals surface area (Å²) in [6, 6.07) is 0. The molecule has 3 nitrogen and oxygen atoms in total. The van der Waals surface area contributed by atoms with Gasteiger partial charge in [-0.15, -0.1) is 6.58 Å². The summed E-state index contributed by atoms with van der Waals surface area (Å²) in [5.41, 5.74) is 4.15. The molecule has 138 valence electrons. The van der Waals surface area contributed by atoms with Gasteiger partial charge in [0.05, 0.1) is 0 Å². The molecule has 0 amide bonds. The molecule has 2 saturated carbocycles. The van der Waals surface area contributed by atoms with Gasteiger partial charge in [-0.05, 0) is 79.9 Å². The van der Waals surface area contributed by atoms with Crippen LogP contribution in [0.2, 0.25) is 0 Å². The summed E-state index contributed by atoms with van der Waals surface area (Å²) >= 11 is 0. The van der Waals surface area contributed by atoms with Crippen LogP contribution in [-0.2, 0) is 14.3 Å². The second-order valence-electron chi connectivity index (χ2n) is 9.29. The number of carbonyl (C=O) groups excluding carboxylic acids is 2. The van der Waals surface area contributed by atoms with Crippen molar-refractivity contribution in [3.63, 3.8) is 0 Å². The van der Waals surface area contributed by atoms with Gasteiger partial charge in [0.25, 0.3) is 0 Å². The number of ether oxygens (including phenoxy) is 1. The maximum Gasteiger partial charge on any atom is 0.306 e. The first-order valence-electron chi connectivity index (χ1n) is 10.3. The number of ketones is 1. The van der Waals surface area contributed by atoms with Gasteiger partial charge in [0.2, 0.25) is 0 Å². The van der Waals surface area contributed by atoms with Gasteiger partial charge in [0.1, 0.15) is 5.60 Å². The fraction of sp³-hybridized carbons (Fsp3) is 0.652. The molecule has 0 radical (unpaired) electrons. The lowest BCUT2D eigenvalue weighted by molar-refractivity contribution is -0.162. The van der Waals surface area contributed by atoms with Gasteiger partial charge < -0.3 is 4.74 Å². The van der Waals surface area contributed by atoms with E-state index < -0.39 is 0 Å². The molecule has 3 heteroatoms.